The number of rotatable bonds is 22. The summed E-state index contributed by atoms with van der Waals surface area (Å²) >= 11 is 0. The number of aromatic nitrogens is 2. The van der Waals surface area contributed by atoms with Crippen LogP contribution in [0, 0.1) is 5.92 Å². The van der Waals surface area contributed by atoms with Gasteiger partial charge in [-0.2, -0.15) is 0 Å². The summed E-state index contributed by atoms with van der Waals surface area (Å²) < 4.78 is 1.33. The second-order valence-corrected chi connectivity index (χ2v) is 10.6. The predicted molar refractivity (Wildman–Crippen MR) is 155 cm³/mol. The summed E-state index contributed by atoms with van der Waals surface area (Å²) in [5.74, 6) is -1.81. The first-order chi connectivity index (χ1) is 18.5. The van der Waals surface area contributed by atoms with Crippen LogP contribution in [0.3, 0.4) is 0 Å². The number of aliphatic carboxylic acids is 1. The molecule has 38 heavy (non-hydrogen) atoms. The van der Waals surface area contributed by atoms with Crippen LogP contribution < -0.4 is 10.9 Å². The summed E-state index contributed by atoms with van der Waals surface area (Å²) in [4.78, 5) is 36.3. The van der Waals surface area contributed by atoms with E-state index in [4.69, 9.17) is 0 Å². The molecule has 0 fully saturated rings. The van der Waals surface area contributed by atoms with Crippen LogP contribution in [-0.4, -0.2) is 26.8 Å². The van der Waals surface area contributed by atoms with E-state index in [2.05, 4.69) is 17.3 Å². The molecule has 1 aromatic heterocycles. The molecule has 7 nitrogen and oxygen atoms in total. The molecule has 1 unspecified atom stereocenters. The van der Waals surface area contributed by atoms with Gasteiger partial charge in [0.05, 0.1) is 11.6 Å². The van der Waals surface area contributed by atoms with Crippen LogP contribution in [0.4, 0.5) is 5.82 Å². The minimum absolute atomic E-state index is 0.105. The third kappa shape index (κ3) is 13.1. The number of nitrogens with one attached hydrogen (secondary N) is 2. The molecule has 0 aliphatic rings. The third-order valence-corrected chi connectivity index (χ3v) is 7.20. The lowest BCUT2D eigenvalue weighted by atomic mass is 9.96. The number of nitrogens with zero attached hydrogens (tertiary/aromatic N) is 1. The third-order valence-electron chi connectivity index (χ3n) is 7.20. The summed E-state index contributed by atoms with van der Waals surface area (Å²) in [5, 5.41) is 15.1. The zero-order valence-electron chi connectivity index (χ0n) is 23.4. The summed E-state index contributed by atoms with van der Waals surface area (Å²) in [5.41, 5.74) is 0.361. The molecule has 1 aromatic carbocycles. The molecule has 0 spiro atoms. The molecule has 0 saturated heterocycles. The molecule has 1 heterocycles. The van der Waals surface area contributed by atoms with Crippen LogP contribution >= 0.6 is 0 Å². The molecule has 2 rings (SSSR count). The van der Waals surface area contributed by atoms with Crippen LogP contribution in [0.1, 0.15) is 122 Å². The highest BCUT2D eigenvalue weighted by Crippen LogP contribution is 2.18. The average Bonchev–Trinajstić information content (AvgIpc) is 3.27. The highest BCUT2D eigenvalue weighted by molar-refractivity contribution is 5.92. The molecule has 2 aromatic rings. The molecule has 1 atom stereocenters. The Labute approximate surface area is 228 Å². The maximum Gasteiger partial charge on any atom is 0.307 e. The van der Waals surface area contributed by atoms with E-state index < -0.39 is 17.8 Å². The van der Waals surface area contributed by atoms with E-state index in [-0.39, 0.29) is 17.8 Å². The van der Waals surface area contributed by atoms with Gasteiger partial charge < -0.3 is 10.4 Å². The Kier molecular flexibility index (Phi) is 15.9. The van der Waals surface area contributed by atoms with E-state index in [1.807, 2.05) is 18.2 Å². The number of para-hydroxylation sites is 1. The van der Waals surface area contributed by atoms with Crippen molar-refractivity contribution in [2.24, 2.45) is 5.92 Å². The number of carboxylic acid groups (broad SMARTS) is 1. The van der Waals surface area contributed by atoms with Gasteiger partial charge >= 0.3 is 5.97 Å². The predicted octanol–water partition coefficient (Wildman–Crippen LogP) is 7.85. The number of unbranched alkanes of at least 4 members (excludes halogenated alkanes) is 15. The van der Waals surface area contributed by atoms with E-state index >= 15 is 0 Å². The smallest absolute Gasteiger partial charge is 0.307 e. The van der Waals surface area contributed by atoms with Gasteiger partial charge in [-0.3, -0.25) is 19.5 Å². The maximum atomic E-state index is 12.5. The maximum absolute atomic E-state index is 12.5. The lowest BCUT2D eigenvalue weighted by molar-refractivity contribution is -0.143. The summed E-state index contributed by atoms with van der Waals surface area (Å²) in [6.07, 6.45) is 20.8. The Hall–Kier alpha value is -2.83. The largest absolute Gasteiger partial charge is 0.481 e. The van der Waals surface area contributed by atoms with Gasteiger partial charge in [-0.05, 0) is 18.6 Å². The van der Waals surface area contributed by atoms with Crippen molar-refractivity contribution in [1.82, 2.24) is 9.78 Å². The summed E-state index contributed by atoms with van der Waals surface area (Å²) in [6, 6.07) is 10.3. The molecule has 0 saturated carbocycles. The Bertz CT molecular complexity index is 967. The van der Waals surface area contributed by atoms with Gasteiger partial charge in [0.15, 0.2) is 0 Å². The molecule has 7 heteroatoms. The van der Waals surface area contributed by atoms with E-state index in [0.717, 1.165) is 19.3 Å². The van der Waals surface area contributed by atoms with E-state index in [9.17, 15) is 19.5 Å². The minimum atomic E-state index is -0.948. The van der Waals surface area contributed by atoms with Gasteiger partial charge in [0, 0.05) is 12.5 Å². The molecular formula is C31H49N3O4. The Morgan fingerprint density at radius 3 is 1.82 bits per heavy atom. The fourth-order valence-corrected chi connectivity index (χ4v) is 4.91. The Morgan fingerprint density at radius 1 is 0.816 bits per heavy atom. The quantitative estimate of drug-likeness (QED) is 0.136. The van der Waals surface area contributed by atoms with Crippen molar-refractivity contribution < 1.29 is 14.7 Å². The number of hydrogen-bond acceptors (Lipinski definition) is 3. The number of benzene rings is 1. The number of carbonyl (C=O) groups is 2. The number of anilines is 1. The Balaban J connectivity index is 1.53. The number of amides is 1. The van der Waals surface area contributed by atoms with Crippen LogP contribution in [0.2, 0.25) is 0 Å². The van der Waals surface area contributed by atoms with Crippen molar-refractivity contribution in [3.8, 4) is 5.69 Å². The fourth-order valence-electron chi connectivity index (χ4n) is 4.91. The van der Waals surface area contributed by atoms with Crippen molar-refractivity contribution in [2.45, 2.75) is 122 Å². The van der Waals surface area contributed by atoms with Crippen LogP contribution in [0.5, 0.6) is 0 Å². The van der Waals surface area contributed by atoms with Crippen molar-refractivity contribution in [1.29, 1.82) is 0 Å². The number of H-pyrrole nitrogens is 1. The molecule has 0 radical (unpaired) electrons. The van der Waals surface area contributed by atoms with Gasteiger partial charge in [-0.1, -0.05) is 128 Å². The highest BCUT2D eigenvalue weighted by Gasteiger charge is 2.21. The number of carbonyl (C=O) groups excluding carboxylic acids is 1. The average molecular weight is 528 g/mol. The molecule has 0 aliphatic heterocycles. The first-order valence-corrected chi connectivity index (χ1v) is 14.9. The first-order valence-electron chi connectivity index (χ1n) is 14.9. The van der Waals surface area contributed by atoms with Crippen molar-refractivity contribution in [2.75, 3.05) is 5.32 Å². The second kappa shape index (κ2) is 19.3. The lowest BCUT2D eigenvalue weighted by Crippen LogP contribution is -2.22. The lowest BCUT2D eigenvalue weighted by Gasteiger charge is -2.12. The zero-order valence-corrected chi connectivity index (χ0v) is 23.4. The van der Waals surface area contributed by atoms with Crippen LogP contribution in [0.25, 0.3) is 5.69 Å². The SMILES string of the molecule is CCCCCCCCCCCCCCCCCCC(CC(=O)Nc1cc(=O)n(-c2ccccc2)[nH]1)C(=O)O. The van der Waals surface area contributed by atoms with Crippen molar-refractivity contribution >= 4 is 17.7 Å². The van der Waals surface area contributed by atoms with E-state index in [1.165, 1.54) is 94.2 Å². The standard InChI is InChI=1S/C31H49N3O4/c1-2-3-4-5-6-7-8-9-10-11-12-13-14-15-16-18-21-26(31(37)38)24-29(35)32-28-25-30(36)34(33-28)27-22-19-17-20-23-27/h17,19-20,22-23,25-26,33H,2-16,18,21,24H2,1H3,(H,32,35)(H,37,38). The van der Waals surface area contributed by atoms with E-state index in [0.29, 0.717) is 12.1 Å². The monoisotopic (exact) mass is 527 g/mol. The van der Waals surface area contributed by atoms with Gasteiger partial charge in [-0.25, -0.2) is 4.68 Å². The molecule has 3 N–H and O–H groups in total. The van der Waals surface area contributed by atoms with Crippen molar-refractivity contribution in [3.63, 3.8) is 0 Å². The molecule has 0 bridgehead atoms. The van der Waals surface area contributed by atoms with Gasteiger partial charge in [0.1, 0.15) is 5.82 Å². The van der Waals surface area contributed by atoms with Crippen molar-refractivity contribution in [3.05, 3.63) is 46.8 Å². The highest BCUT2D eigenvalue weighted by atomic mass is 16.4. The summed E-state index contributed by atoms with van der Waals surface area (Å²) in [7, 11) is 0. The molecule has 1 amide bonds. The second-order valence-electron chi connectivity index (χ2n) is 10.6. The molecule has 0 aliphatic carbocycles. The minimum Gasteiger partial charge on any atom is -0.481 e. The molecule has 212 valence electrons. The van der Waals surface area contributed by atoms with Gasteiger partial charge in [-0.15, -0.1) is 0 Å². The summed E-state index contributed by atoms with van der Waals surface area (Å²) in [6.45, 7) is 2.26. The number of aromatic amines is 1. The Morgan fingerprint density at radius 2 is 1.32 bits per heavy atom. The van der Waals surface area contributed by atoms with Crippen LogP contribution in [-0.2, 0) is 9.59 Å². The topological polar surface area (TPSA) is 104 Å². The normalized spacial score (nSPS) is 11.9. The van der Waals surface area contributed by atoms with Crippen LogP contribution in [0.15, 0.2) is 41.2 Å². The fraction of sp³-hybridized carbons (Fsp3) is 0.645. The van der Waals surface area contributed by atoms with Gasteiger partial charge in [0.25, 0.3) is 5.56 Å². The van der Waals surface area contributed by atoms with E-state index in [1.54, 1.807) is 12.1 Å². The van der Waals surface area contributed by atoms with Gasteiger partial charge in [0.2, 0.25) is 5.91 Å². The first kappa shape index (κ1) is 31.4. The number of hydrogen-bond donors (Lipinski definition) is 3. The zero-order chi connectivity index (χ0) is 27.4. The molecular weight excluding hydrogens is 478 g/mol. The number of carboxylic acids is 1.